The summed E-state index contributed by atoms with van der Waals surface area (Å²) in [5.74, 6) is -0.290. The maximum Gasteiger partial charge on any atom is 0.304 e. The number of carboxylic acid groups (broad SMARTS) is 2. The SMILES string of the molecule is CC(C)C(CC(=O)O)c1ncc(-c2ccc(-c3ccc(-c4cnc(C(CC(=O)O)C(C)C)[nH]4)cc3)cc2)[nH]1. The molecule has 8 heteroatoms. The molecule has 0 saturated heterocycles. The van der Waals surface area contributed by atoms with Crippen LogP contribution in [0.2, 0.25) is 0 Å². The minimum atomic E-state index is -0.831. The Kier molecular flexibility index (Phi) is 8.10. The highest BCUT2D eigenvalue weighted by molar-refractivity contribution is 5.72. The van der Waals surface area contributed by atoms with Crippen LogP contribution in [0, 0.1) is 11.8 Å². The average Bonchev–Trinajstić information content (AvgIpc) is 3.56. The highest BCUT2D eigenvalue weighted by Crippen LogP contribution is 2.31. The van der Waals surface area contributed by atoms with E-state index in [1.165, 1.54) is 0 Å². The molecule has 4 aromatic rings. The third kappa shape index (κ3) is 6.19. The summed E-state index contributed by atoms with van der Waals surface area (Å²) in [5, 5.41) is 18.5. The second-order valence-electron chi connectivity index (χ2n) is 10.4. The first-order chi connectivity index (χ1) is 18.1. The minimum Gasteiger partial charge on any atom is -0.481 e. The third-order valence-corrected chi connectivity index (χ3v) is 7.02. The summed E-state index contributed by atoms with van der Waals surface area (Å²) in [7, 11) is 0. The zero-order chi connectivity index (χ0) is 27.4. The van der Waals surface area contributed by atoms with Crippen LogP contribution in [-0.2, 0) is 9.59 Å². The maximum atomic E-state index is 11.3. The van der Waals surface area contributed by atoms with E-state index in [-0.39, 0.29) is 36.5 Å². The van der Waals surface area contributed by atoms with Crippen LogP contribution in [0.5, 0.6) is 0 Å². The van der Waals surface area contributed by atoms with Crippen LogP contribution in [0.1, 0.15) is 64.0 Å². The highest BCUT2D eigenvalue weighted by Gasteiger charge is 2.23. The van der Waals surface area contributed by atoms with Crippen molar-refractivity contribution < 1.29 is 19.8 Å². The molecule has 0 fully saturated rings. The monoisotopic (exact) mass is 514 g/mol. The van der Waals surface area contributed by atoms with E-state index >= 15 is 0 Å². The number of nitrogens with zero attached hydrogens (tertiary/aromatic N) is 2. The van der Waals surface area contributed by atoms with Crippen LogP contribution in [0.4, 0.5) is 0 Å². The van der Waals surface area contributed by atoms with Gasteiger partial charge >= 0.3 is 11.9 Å². The predicted molar refractivity (Wildman–Crippen MR) is 147 cm³/mol. The number of nitrogens with one attached hydrogen (secondary N) is 2. The van der Waals surface area contributed by atoms with Gasteiger partial charge in [0.1, 0.15) is 11.6 Å². The van der Waals surface area contributed by atoms with E-state index in [0.717, 1.165) is 33.6 Å². The molecule has 2 aromatic heterocycles. The van der Waals surface area contributed by atoms with Gasteiger partial charge in [0.05, 0.1) is 36.6 Å². The van der Waals surface area contributed by atoms with Crippen molar-refractivity contribution in [1.29, 1.82) is 0 Å². The van der Waals surface area contributed by atoms with E-state index in [1.807, 2.05) is 52.0 Å². The van der Waals surface area contributed by atoms with Crippen molar-refractivity contribution in [2.24, 2.45) is 11.8 Å². The maximum absolute atomic E-state index is 11.3. The molecule has 4 rings (SSSR count). The first-order valence-corrected chi connectivity index (χ1v) is 12.9. The van der Waals surface area contributed by atoms with Gasteiger partial charge in [-0.05, 0) is 34.1 Å². The molecule has 198 valence electrons. The van der Waals surface area contributed by atoms with Crippen LogP contribution in [0.25, 0.3) is 33.6 Å². The Hall–Kier alpha value is -4.20. The van der Waals surface area contributed by atoms with Gasteiger partial charge in [-0.15, -0.1) is 0 Å². The zero-order valence-electron chi connectivity index (χ0n) is 22.1. The standard InChI is InChI=1S/C30H34N4O4/c1-17(2)23(13-27(35)36)29-31-15-25(33-29)21-9-5-19(6-10-21)20-7-11-22(12-8-20)26-16-32-30(34-26)24(18(3)4)14-28(37)38/h5-12,15-18,23-24H,13-14H2,1-4H3,(H,31,33)(H,32,34)(H,35,36)(H,37,38). The van der Waals surface area contributed by atoms with Crippen LogP contribution < -0.4 is 0 Å². The molecule has 4 N–H and O–H groups in total. The first kappa shape index (κ1) is 26.9. The number of aliphatic carboxylic acids is 2. The smallest absolute Gasteiger partial charge is 0.304 e. The molecule has 0 amide bonds. The van der Waals surface area contributed by atoms with Gasteiger partial charge in [-0.2, -0.15) is 0 Å². The number of rotatable bonds is 11. The Labute approximate surface area is 222 Å². The molecule has 8 nitrogen and oxygen atoms in total. The van der Waals surface area contributed by atoms with Crippen molar-refractivity contribution >= 4 is 11.9 Å². The molecule has 2 unspecified atom stereocenters. The van der Waals surface area contributed by atoms with Crippen LogP contribution in [-0.4, -0.2) is 42.1 Å². The fourth-order valence-electron chi connectivity index (χ4n) is 4.70. The van der Waals surface area contributed by atoms with Crippen LogP contribution >= 0.6 is 0 Å². The first-order valence-electron chi connectivity index (χ1n) is 12.9. The van der Waals surface area contributed by atoms with Gasteiger partial charge in [0.2, 0.25) is 0 Å². The molecule has 0 radical (unpaired) electrons. The molecule has 0 aliphatic heterocycles. The average molecular weight is 515 g/mol. The summed E-state index contributed by atoms with van der Waals surface area (Å²) in [6, 6.07) is 16.3. The Morgan fingerprint density at radius 2 is 0.947 bits per heavy atom. The fraction of sp³-hybridized carbons (Fsp3) is 0.333. The van der Waals surface area contributed by atoms with Crippen LogP contribution in [0.15, 0.2) is 60.9 Å². The second-order valence-corrected chi connectivity index (χ2v) is 10.4. The van der Waals surface area contributed by atoms with Crippen molar-refractivity contribution in [2.45, 2.75) is 52.4 Å². The van der Waals surface area contributed by atoms with Gasteiger partial charge in [-0.3, -0.25) is 9.59 Å². The number of H-pyrrole nitrogens is 2. The van der Waals surface area contributed by atoms with Crippen molar-refractivity contribution in [3.05, 3.63) is 72.6 Å². The molecule has 2 atom stereocenters. The Balaban J connectivity index is 1.48. The van der Waals surface area contributed by atoms with E-state index < -0.39 is 11.9 Å². The summed E-state index contributed by atoms with van der Waals surface area (Å²) in [6.07, 6.45) is 3.60. The lowest BCUT2D eigenvalue weighted by Gasteiger charge is -2.16. The number of hydrogen-bond donors (Lipinski definition) is 4. The highest BCUT2D eigenvalue weighted by atomic mass is 16.4. The molecule has 0 aliphatic rings. The minimum absolute atomic E-state index is 0.0417. The normalized spacial score (nSPS) is 13.1. The number of hydrogen-bond acceptors (Lipinski definition) is 4. The quantitative estimate of drug-likeness (QED) is 0.179. The number of carbonyl (C=O) groups is 2. The Bertz CT molecular complexity index is 1280. The number of aromatic amines is 2. The van der Waals surface area contributed by atoms with Gasteiger partial charge in [0.25, 0.3) is 0 Å². The van der Waals surface area contributed by atoms with Crippen molar-refractivity contribution in [3.63, 3.8) is 0 Å². The van der Waals surface area contributed by atoms with Crippen LogP contribution in [0.3, 0.4) is 0 Å². The lowest BCUT2D eigenvalue weighted by Crippen LogP contribution is -2.13. The largest absolute Gasteiger partial charge is 0.481 e. The molecule has 0 aliphatic carbocycles. The molecule has 0 bridgehead atoms. The lowest BCUT2D eigenvalue weighted by atomic mass is 9.92. The molecule has 2 aromatic carbocycles. The molecule has 0 saturated carbocycles. The predicted octanol–water partition coefficient (Wildman–Crippen LogP) is 6.56. The van der Waals surface area contributed by atoms with Gasteiger partial charge < -0.3 is 20.2 Å². The second kappa shape index (κ2) is 11.5. The van der Waals surface area contributed by atoms with Gasteiger partial charge in [0, 0.05) is 11.8 Å². The molecule has 38 heavy (non-hydrogen) atoms. The number of benzene rings is 2. The summed E-state index contributed by atoms with van der Waals surface area (Å²) in [4.78, 5) is 38.1. The van der Waals surface area contributed by atoms with Gasteiger partial charge in [-0.1, -0.05) is 76.2 Å². The number of imidazole rings is 2. The summed E-state index contributed by atoms with van der Waals surface area (Å²) < 4.78 is 0. The summed E-state index contributed by atoms with van der Waals surface area (Å²) >= 11 is 0. The van der Waals surface area contributed by atoms with Crippen molar-refractivity contribution in [2.75, 3.05) is 0 Å². The van der Waals surface area contributed by atoms with E-state index in [1.54, 1.807) is 12.4 Å². The molecular weight excluding hydrogens is 480 g/mol. The number of carboxylic acids is 2. The van der Waals surface area contributed by atoms with Crippen molar-refractivity contribution in [3.8, 4) is 33.6 Å². The third-order valence-electron chi connectivity index (χ3n) is 7.02. The van der Waals surface area contributed by atoms with E-state index in [0.29, 0.717) is 11.6 Å². The van der Waals surface area contributed by atoms with Crippen molar-refractivity contribution in [1.82, 2.24) is 19.9 Å². The Morgan fingerprint density at radius 3 is 1.24 bits per heavy atom. The molecular formula is C30H34N4O4. The Morgan fingerprint density at radius 1 is 0.632 bits per heavy atom. The van der Waals surface area contributed by atoms with E-state index in [2.05, 4.69) is 44.2 Å². The molecule has 2 heterocycles. The van der Waals surface area contributed by atoms with E-state index in [4.69, 9.17) is 0 Å². The fourth-order valence-corrected chi connectivity index (χ4v) is 4.70. The molecule has 0 spiro atoms. The van der Waals surface area contributed by atoms with Gasteiger partial charge in [-0.25, -0.2) is 9.97 Å². The zero-order valence-corrected chi connectivity index (χ0v) is 22.1. The van der Waals surface area contributed by atoms with E-state index in [9.17, 15) is 19.8 Å². The lowest BCUT2D eigenvalue weighted by molar-refractivity contribution is -0.138. The topological polar surface area (TPSA) is 132 Å². The van der Waals surface area contributed by atoms with Gasteiger partial charge in [0.15, 0.2) is 0 Å². The number of aromatic nitrogens is 4. The summed E-state index contributed by atoms with van der Waals surface area (Å²) in [6.45, 7) is 8.01. The summed E-state index contributed by atoms with van der Waals surface area (Å²) in [5.41, 5.74) is 5.81.